The van der Waals surface area contributed by atoms with Gasteiger partial charge in [0.15, 0.2) is 0 Å². The average molecular weight is 562 g/mol. The first-order valence-corrected chi connectivity index (χ1v) is 15.2. The van der Waals surface area contributed by atoms with E-state index < -0.39 is 18.2 Å². The number of unbranched alkanes of at least 4 members (excludes halogenated alkanes) is 1. The molecule has 222 valence electrons. The lowest BCUT2D eigenvalue weighted by atomic mass is 9.98. The van der Waals surface area contributed by atoms with Gasteiger partial charge in [-0.3, -0.25) is 9.59 Å². The molecule has 2 aromatic rings. The number of aryl methyl sites for hydroxylation is 1. The number of hydrogen-bond donors (Lipinski definition) is 3. The van der Waals surface area contributed by atoms with Crippen molar-refractivity contribution in [1.82, 2.24) is 15.5 Å². The van der Waals surface area contributed by atoms with Crippen LogP contribution in [0.15, 0.2) is 60.7 Å². The molecule has 6 atom stereocenters. The second kappa shape index (κ2) is 14.8. The van der Waals surface area contributed by atoms with Crippen molar-refractivity contribution in [3.8, 4) is 0 Å². The summed E-state index contributed by atoms with van der Waals surface area (Å²) >= 11 is 0. The zero-order chi connectivity index (χ0) is 29.4. The van der Waals surface area contributed by atoms with E-state index in [1.54, 1.807) is 11.9 Å². The number of nitrogens with zero attached hydrogens (tertiary/aromatic N) is 1. The Bertz CT molecular complexity index is 1180. The molecule has 7 nitrogen and oxygen atoms in total. The number of rotatable bonds is 7. The maximum atomic E-state index is 13.8. The van der Waals surface area contributed by atoms with E-state index in [2.05, 4.69) is 42.7 Å². The van der Waals surface area contributed by atoms with Gasteiger partial charge in [0.1, 0.15) is 6.04 Å². The molecule has 4 rings (SSSR count). The van der Waals surface area contributed by atoms with Crippen LogP contribution in [-0.2, 0) is 20.7 Å². The lowest BCUT2D eigenvalue weighted by Crippen LogP contribution is -2.55. The molecule has 0 unspecified atom stereocenters. The first-order chi connectivity index (χ1) is 19.8. The second-order valence-electron chi connectivity index (χ2n) is 11.7. The standard InChI is InChI=1S/C34H47N3O4/c1-5-6-12-24(3)34(40)37(4)30-15-10-11-18-41-32-21-28(27-19-23(2)16-17-26(27)32)35-22-31(38)29(36-33(30)39)20-25-13-8-7-9-14-25/h7-11,13-14,16-17,19,24,28-32,35,38H,5-6,12,15,18,20-22H2,1-4H3,(H,36,39)/b11-10+/t24-,28+,29-,30-,31+,32-/m0/s1. The van der Waals surface area contributed by atoms with E-state index in [1.807, 2.05) is 49.4 Å². The largest absolute Gasteiger partial charge is 0.390 e. The molecule has 2 bridgehead atoms. The highest BCUT2D eigenvalue weighted by molar-refractivity contribution is 5.88. The van der Waals surface area contributed by atoms with E-state index in [-0.39, 0.29) is 29.9 Å². The summed E-state index contributed by atoms with van der Waals surface area (Å²) in [5.74, 6) is -0.454. The maximum Gasteiger partial charge on any atom is 0.243 e. The number of amides is 2. The van der Waals surface area contributed by atoms with Gasteiger partial charge in [0.25, 0.3) is 0 Å². The minimum Gasteiger partial charge on any atom is -0.390 e. The van der Waals surface area contributed by atoms with Gasteiger partial charge in [0.05, 0.1) is 24.9 Å². The fourth-order valence-corrected chi connectivity index (χ4v) is 5.98. The number of benzene rings is 2. The molecule has 0 aromatic heterocycles. The molecule has 2 aliphatic rings. The number of ether oxygens (including phenoxy) is 1. The first-order valence-electron chi connectivity index (χ1n) is 15.2. The molecule has 0 fully saturated rings. The Hall–Kier alpha value is -3.00. The van der Waals surface area contributed by atoms with E-state index in [9.17, 15) is 14.7 Å². The second-order valence-corrected chi connectivity index (χ2v) is 11.7. The zero-order valence-electron chi connectivity index (χ0n) is 25.0. The summed E-state index contributed by atoms with van der Waals surface area (Å²) in [6.45, 7) is 6.87. The van der Waals surface area contributed by atoms with Crippen LogP contribution in [0.2, 0.25) is 0 Å². The molecule has 0 saturated carbocycles. The number of carbonyl (C=O) groups is 2. The minimum atomic E-state index is -0.835. The van der Waals surface area contributed by atoms with Crippen molar-refractivity contribution in [3.05, 3.63) is 82.9 Å². The van der Waals surface area contributed by atoms with Gasteiger partial charge in [-0.05, 0) is 49.3 Å². The average Bonchev–Trinajstić information content (AvgIpc) is 3.31. The van der Waals surface area contributed by atoms with Crippen LogP contribution in [0.4, 0.5) is 0 Å². The number of carbonyl (C=O) groups excluding carboxylic acids is 2. The number of likely N-dealkylation sites (N-methyl/N-ethyl adjacent to an activating group) is 1. The predicted octanol–water partition coefficient (Wildman–Crippen LogP) is 4.79. The van der Waals surface area contributed by atoms with Crippen LogP contribution in [0, 0.1) is 12.8 Å². The highest BCUT2D eigenvalue weighted by atomic mass is 16.5. The van der Waals surface area contributed by atoms with E-state index in [0.717, 1.165) is 31.2 Å². The zero-order valence-corrected chi connectivity index (χ0v) is 25.0. The Kier molecular flexibility index (Phi) is 11.1. The van der Waals surface area contributed by atoms with Crippen LogP contribution < -0.4 is 10.6 Å². The third-order valence-corrected chi connectivity index (χ3v) is 8.53. The number of fused-ring (bicyclic) bond motifs is 5. The SMILES string of the molecule is CCCC[C@H](C)C(=O)N(C)[C@H]1C/C=C/CO[C@H]2C[C@@H](NC[C@@H](O)[C@H](Cc3ccccc3)NC1=O)c1cc(C)ccc12. The van der Waals surface area contributed by atoms with Crippen molar-refractivity contribution in [2.45, 2.75) is 89.6 Å². The Morgan fingerprint density at radius 2 is 1.93 bits per heavy atom. The summed E-state index contributed by atoms with van der Waals surface area (Å²) in [5.41, 5.74) is 4.61. The molecule has 0 spiro atoms. The van der Waals surface area contributed by atoms with Crippen LogP contribution in [0.5, 0.6) is 0 Å². The van der Waals surface area contributed by atoms with E-state index in [0.29, 0.717) is 26.0 Å². The van der Waals surface area contributed by atoms with Crippen molar-refractivity contribution in [2.75, 3.05) is 20.2 Å². The Balaban J connectivity index is 1.61. The smallest absolute Gasteiger partial charge is 0.243 e. The molecule has 2 amide bonds. The normalized spacial score (nSPS) is 26.7. The van der Waals surface area contributed by atoms with Crippen molar-refractivity contribution in [2.24, 2.45) is 5.92 Å². The molecular formula is C34H47N3O4. The van der Waals surface area contributed by atoms with Gasteiger partial charge < -0.3 is 25.4 Å². The van der Waals surface area contributed by atoms with E-state index in [4.69, 9.17) is 4.74 Å². The quantitative estimate of drug-likeness (QED) is 0.423. The third kappa shape index (κ3) is 8.06. The molecule has 0 saturated heterocycles. The number of nitrogens with one attached hydrogen (secondary N) is 2. The lowest BCUT2D eigenvalue weighted by Gasteiger charge is -2.32. The molecule has 1 aliphatic heterocycles. The van der Waals surface area contributed by atoms with Crippen LogP contribution >= 0.6 is 0 Å². The van der Waals surface area contributed by atoms with Crippen molar-refractivity contribution in [3.63, 3.8) is 0 Å². The number of hydrogen-bond acceptors (Lipinski definition) is 5. The summed E-state index contributed by atoms with van der Waals surface area (Å²) in [6.07, 6.45) is 7.42. The third-order valence-electron chi connectivity index (χ3n) is 8.53. The number of aliphatic hydroxyl groups excluding tert-OH is 1. The van der Waals surface area contributed by atoms with Gasteiger partial charge in [-0.2, -0.15) is 0 Å². The highest BCUT2D eigenvalue weighted by Gasteiger charge is 2.34. The van der Waals surface area contributed by atoms with Crippen LogP contribution in [0.1, 0.15) is 80.4 Å². The van der Waals surface area contributed by atoms with Gasteiger partial charge in [-0.25, -0.2) is 0 Å². The minimum absolute atomic E-state index is 0.0350. The number of β-amino-alcohol motifs (C(OH)–C–C–N with tert-alkyl or cyclic N) is 1. The van der Waals surface area contributed by atoms with Crippen molar-refractivity contribution < 1.29 is 19.4 Å². The molecule has 3 N–H and O–H groups in total. The van der Waals surface area contributed by atoms with Crippen molar-refractivity contribution in [1.29, 1.82) is 0 Å². The summed E-state index contributed by atoms with van der Waals surface area (Å²) < 4.78 is 6.28. The molecule has 2 aromatic carbocycles. The molecule has 1 heterocycles. The molecule has 7 heteroatoms. The fraction of sp³-hybridized carbons (Fsp3) is 0.529. The van der Waals surface area contributed by atoms with Crippen molar-refractivity contribution >= 4 is 11.8 Å². The summed E-state index contributed by atoms with van der Waals surface area (Å²) in [7, 11) is 1.72. The summed E-state index contributed by atoms with van der Waals surface area (Å²) in [4.78, 5) is 28.7. The first kappa shape index (κ1) is 30.9. The molecule has 0 radical (unpaired) electrons. The lowest BCUT2D eigenvalue weighted by molar-refractivity contribution is -0.142. The molecule has 1 aliphatic carbocycles. The maximum absolute atomic E-state index is 13.8. The highest BCUT2D eigenvalue weighted by Crippen LogP contribution is 2.41. The van der Waals surface area contributed by atoms with Gasteiger partial charge in [-0.15, -0.1) is 0 Å². The van der Waals surface area contributed by atoms with Gasteiger partial charge >= 0.3 is 0 Å². The molecular weight excluding hydrogens is 514 g/mol. The van der Waals surface area contributed by atoms with E-state index in [1.165, 1.54) is 16.7 Å². The van der Waals surface area contributed by atoms with E-state index >= 15 is 0 Å². The topological polar surface area (TPSA) is 90.9 Å². The Morgan fingerprint density at radius 1 is 1.15 bits per heavy atom. The Labute approximate surface area is 245 Å². The summed E-state index contributed by atoms with van der Waals surface area (Å²) in [6, 6.07) is 15.2. The Morgan fingerprint density at radius 3 is 2.68 bits per heavy atom. The predicted molar refractivity (Wildman–Crippen MR) is 162 cm³/mol. The van der Waals surface area contributed by atoms with Gasteiger partial charge in [-0.1, -0.05) is 92.9 Å². The summed E-state index contributed by atoms with van der Waals surface area (Å²) in [5, 5.41) is 18.2. The monoisotopic (exact) mass is 561 g/mol. The van der Waals surface area contributed by atoms with Gasteiger partial charge in [0, 0.05) is 25.6 Å². The fourth-order valence-electron chi connectivity index (χ4n) is 5.98. The van der Waals surface area contributed by atoms with Crippen LogP contribution in [0.25, 0.3) is 0 Å². The number of aliphatic hydroxyl groups is 1. The van der Waals surface area contributed by atoms with Crippen LogP contribution in [-0.4, -0.2) is 60.2 Å². The molecule has 41 heavy (non-hydrogen) atoms. The van der Waals surface area contributed by atoms with Gasteiger partial charge in [0.2, 0.25) is 11.8 Å². The van der Waals surface area contributed by atoms with Crippen LogP contribution in [0.3, 0.4) is 0 Å².